The lowest BCUT2D eigenvalue weighted by atomic mass is 9.82. The van der Waals surface area contributed by atoms with E-state index in [0.717, 1.165) is 24.0 Å². The van der Waals surface area contributed by atoms with Crippen LogP contribution in [-0.2, 0) is 6.42 Å². The first-order valence-electron chi connectivity index (χ1n) is 7.75. The summed E-state index contributed by atoms with van der Waals surface area (Å²) < 4.78 is 1.19. The Morgan fingerprint density at radius 3 is 2.65 bits per heavy atom. The number of rotatable bonds is 4. The van der Waals surface area contributed by atoms with Gasteiger partial charge in [0.2, 0.25) is 0 Å². The third kappa shape index (κ3) is 3.83. The molecule has 1 aliphatic rings. The van der Waals surface area contributed by atoms with Crippen LogP contribution in [0.1, 0.15) is 63.9 Å². The second-order valence-corrected chi connectivity index (χ2v) is 7.59. The van der Waals surface area contributed by atoms with Crippen molar-refractivity contribution in [2.24, 2.45) is 11.8 Å². The average molecular weight is 387 g/mol. The topological polar surface area (TPSA) is 37.8 Å². The van der Waals surface area contributed by atoms with Crippen molar-refractivity contribution in [1.29, 1.82) is 0 Å². The fourth-order valence-corrected chi connectivity index (χ4v) is 3.78. The quantitative estimate of drug-likeness (QED) is 0.767. The van der Waals surface area contributed by atoms with E-state index in [4.69, 9.17) is 9.97 Å². The van der Waals surface area contributed by atoms with E-state index in [-0.39, 0.29) is 0 Å². The average Bonchev–Trinajstić information content (AvgIpc) is 2.40. The maximum absolute atomic E-state index is 4.92. The Kier molecular flexibility index (Phi) is 5.64. The Balaban J connectivity index is 2.32. The molecule has 0 amide bonds. The molecule has 0 saturated heterocycles. The van der Waals surface area contributed by atoms with Crippen LogP contribution in [0.4, 0.5) is 5.82 Å². The van der Waals surface area contributed by atoms with E-state index in [1.54, 1.807) is 0 Å². The van der Waals surface area contributed by atoms with Gasteiger partial charge in [0, 0.05) is 13.0 Å². The summed E-state index contributed by atoms with van der Waals surface area (Å²) in [6.45, 7) is 6.85. The van der Waals surface area contributed by atoms with E-state index >= 15 is 0 Å². The van der Waals surface area contributed by atoms with Gasteiger partial charge in [0.05, 0.1) is 9.26 Å². The highest BCUT2D eigenvalue weighted by atomic mass is 127. The van der Waals surface area contributed by atoms with Crippen molar-refractivity contribution < 1.29 is 0 Å². The van der Waals surface area contributed by atoms with Crippen LogP contribution in [0.15, 0.2) is 0 Å². The minimum atomic E-state index is 0.550. The summed E-state index contributed by atoms with van der Waals surface area (Å²) in [4.78, 5) is 9.71. The molecule has 20 heavy (non-hydrogen) atoms. The van der Waals surface area contributed by atoms with Crippen molar-refractivity contribution in [2.45, 2.75) is 58.8 Å². The molecular formula is C16H26IN3. The number of hydrogen-bond acceptors (Lipinski definition) is 3. The van der Waals surface area contributed by atoms with Crippen LogP contribution in [0.3, 0.4) is 0 Å². The van der Waals surface area contributed by atoms with Gasteiger partial charge < -0.3 is 5.32 Å². The lowest BCUT2D eigenvalue weighted by Crippen LogP contribution is -2.17. The maximum Gasteiger partial charge on any atom is 0.143 e. The molecule has 0 bridgehead atoms. The van der Waals surface area contributed by atoms with Crippen molar-refractivity contribution in [1.82, 2.24) is 9.97 Å². The lowest BCUT2D eigenvalue weighted by molar-refractivity contribution is 0.334. The summed E-state index contributed by atoms with van der Waals surface area (Å²) in [5.74, 6) is 4.06. The molecule has 112 valence electrons. The fourth-order valence-electron chi connectivity index (χ4n) is 3.05. The van der Waals surface area contributed by atoms with Crippen LogP contribution in [0, 0.1) is 15.4 Å². The minimum Gasteiger partial charge on any atom is -0.372 e. The molecule has 2 unspecified atom stereocenters. The Morgan fingerprint density at radius 2 is 2.05 bits per heavy atom. The summed E-state index contributed by atoms with van der Waals surface area (Å²) >= 11 is 2.38. The summed E-state index contributed by atoms with van der Waals surface area (Å²) in [5.41, 5.74) is 1.22. The van der Waals surface area contributed by atoms with E-state index in [9.17, 15) is 0 Å². The van der Waals surface area contributed by atoms with Crippen LogP contribution in [-0.4, -0.2) is 17.0 Å². The van der Waals surface area contributed by atoms with Crippen LogP contribution >= 0.6 is 22.6 Å². The van der Waals surface area contributed by atoms with Crippen molar-refractivity contribution in [3.63, 3.8) is 0 Å². The highest BCUT2D eigenvalue weighted by Crippen LogP contribution is 2.35. The van der Waals surface area contributed by atoms with Crippen molar-refractivity contribution in [3.05, 3.63) is 15.1 Å². The number of nitrogens with zero attached hydrogens (tertiary/aromatic N) is 2. The van der Waals surface area contributed by atoms with E-state index in [1.807, 2.05) is 7.05 Å². The zero-order valence-electron chi connectivity index (χ0n) is 13.0. The molecule has 0 aromatic carbocycles. The number of aromatic nitrogens is 2. The molecule has 2 rings (SSSR count). The van der Waals surface area contributed by atoms with Gasteiger partial charge in [-0.05, 0) is 53.7 Å². The molecule has 4 heteroatoms. The summed E-state index contributed by atoms with van der Waals surface area (Å²) in [7, 11) is 1.96. The van der Waals surface area contributed by atoms with Crippen LogP contribution in [0.5, 0.6) is 0 Å². The SMILES string of the molecule is CNc1nc(C2CCCC(C)C2)nc(CC(C)C)c1I. The first-order chi connectivity index (χ1) is 9.51. The Labute approximate surface area is 136 Å². The van der Waals surface area contributed by atoms with Gasteiger partial charge >= 0.3 is 0 Å². The molecule has 2 atom stereocenters. The molecule has 1 aromatic rings. The van der Waals surface area contributed by atoms with Crippen LogP contribution < -0.4 is 5.32 Å². The molecule has 0 radical (unpaired) electrons. The molecule has 0 spiro atoms. The van der Waals surface area contributed by atoms with E-state index in [2.05, 4.69) is 48.7 Å². The lowest BCUT2D eigenvalue weighted by Gasteiger charge is -2.26. The van der Waals surface area contributed by atoms with Gasteiger partial charge in [-0.2, -0.15) is 0 Å². The molecular weight excluding hydrogens is 361 g/mol. The number of anilines is 1. The molecule has 1 aliphatic carbocycles. The van der Waals surface area contributed by atoms with Crippen LogP contribution in [0.2, 0.25) is 0 Å². The van der Waals surface area contributed by atoms with E-state index in [0.29, 0.717) is 11.8 Å². The number of halogens is 1. The highest BCUT2D eigenvalue weighted by Gasteiger charge is 2.24. The minimum absolute atomic E-state index is 0.550. The van der Waals surface area contributed by atoms with Crippen molar-refractivity contribution in [3.8, 4) is 0 Å². The maximum atomic E-state index is 4.92. The van der Waals surface area contributed by atoms with Gasteiger partial charge in [-0.25, -0.2) is 9.97 Å². The van der Waals surface area contributed by atoms with Crippen LogP contribution in [0.25, 0.3) is 0 Å². The Bertz CT molecular complexity index is 459. The van der Waals surface area contributed by atoms with Crippen molar-refractivity contribution in [2.75, 3.05) is 12.4 Å². The monoisotopic (exact) mass is 387 g/mol. The number of hydrogen-bond donors (Lipinski definition) is 1. The normalized spacial score (nSPS) is 23.1. The van der Waals surface area contributed by atoms with Crippen molar-refractivity contribution >= 4 is 28.4 Å². The Morgan fingerprint density at radius 1 is 1.30 bits per heavy atom. The van der Waals surface area contributed by atoms with Gasteiger partial charge in [0.15, 0.2) is 0 Å². The van der Waals surface area contributed by atoms with Gasteiger partial charge in [0.25, 0.3) is 0 Å². The highest BCUT2D eigenvalue weighted by molar-refractivity contribution is 14.1. The third-order valence-electron chi connectivity index (χ3n) is 4.08. The molecule has 1 saturated carbocycles. The Hall–Kier alpha value is -0.390. The molecule has 1 fully saturated rings. The second kappa shape index (κ2) is 7.05. The first kappa shape index (κ1) is 16.0. The molecule has 1 aromatic heterocycles. The third-order valence-corrected chi connectivity index (χ3v) is 5.21. The summed E-state index contributed by atoms with van der Waals surface area (Å²) in [6.07, 6.45) is 6.19. The predicted molar refractivity (Wildman–Crippen MR) is 93.2 cm³/mol. The van der Waals surface area contributed by atoms with Gasteiger partial charge in [-0.15, -0.1) is 0 Å². The second-order valence-electron chi connectivity index (χ2n) is 6.51. The predicted octanol–water partition coefficient (Wildman–Crippen LogP) is 4.62. The van der Waals surface area contributed by atoms with Gasteiger partial charge in [0.1, 0.15) is 11.6 Å². The molecule has 1 heterocycles. The first-order valence-corrected chi connectivity index (χ1v) is 8.83. The molecule has 0 aliphatic heterocycles. The fraction of sp³-hybridized carbons (Fsp3) is 0.750. The van der Waals surface area contributed by atoms with Gasteiger partial charge in [-0.3, -0.25) is 0 Å². The zero-order chi connectivity index (χ0) is 14.7. The zero-order valence-corrected chi connectivity index (χ0v) is 15.2. The van der Waals surface area contributed by atoms with E-state index < -0.39 is 0 Å². The van der Waals surface area contributed by atoms with E-state index in [1.165, 1.54) is 34.9 Å². The molecule has 1 N–H and O–H groups in total. The largest absolute Gasteiger partial charge is 0.372 e. The van der Waals surface area contributed by atoms with Gasteiger partial charge in [-0.1, -0.05) is 33.6 Å². The molecule has 3 nitrogen and oxygen atoms in total. The number of nitrogens with one attached hydrogen (secondary N) is 1. The summed E-state index contributed by atoms with van der Waals surface area (Å²) in [6, 6.07) is 0. The standard InChI is InChI=1S/C16H26IN3/c1-10(2)8-13-14(17)16(18-4)20-15(19-13)12-7-5-6-11(3)9-12/h10-12H,5-9H2,1-4H3,(H,18,19,20). The smallest absolute Gasteiger partial charge is 0.143 e. The summed E-state index contributed by atoms with van der Waals surface area (Å²) in [5, 5.41) is 3.24.